The van der Waals surface area contributed by atoms with Crippen molar-refractivity contribution in [2.45, 2.75) is 11.1 Å². The summed E-state index contributed by atoms with van der Waals surface area (Å²) in [4.78, 5) is 3.58. The van der Waals surface area contributed by atoms with Crippen LogP contribution < -0.4 is 9.62 Å². The van der Waals surface area contributed by atoms with Crippen LogP contribution in [0.2, 0.25) is 0 Å². The van der Waals surface area contributed by atoms with Crippen LogP contribution in [0.1, 0.15) is 5.56 Å². The van der Waals surface area contributed by atoms with Crippen LogP contribution in [0.4, 0.5) is 24.7 Å². The monoisotopic (exact) mass is 477 g/mol. The third kappa shape index (κ3) is 5.25. The highest BCUT2D eigenvalue weighted by Crippen LogP contribution is 2.34. The zero-order valence-corrected chi connectivity index (χ0v) is 18.6. The highest BCUT2D eigenvalue weighted by molar-refractivity contribution is 7.92. The topological polar surface area (TPSA) is 78.4 Å². The van der Waals surface area contributed by atoms with Crippen molar-refractivity contribution in [2.75, 3.05) is 42.8 Å². The predicted molar refractivity (Wildman–Crippen MR) is 119 cm³/mol. The number of rotatable bonds is 5. The minimum absolute atomic E-state index is 0.137. The van der Waals surface area contributed by atoms with E-state index in [2.05, 4.69) is 31.8 Å². The summed E-state index contributed by atoms with van der Waals surface area (Å²) >= 11 is 0. The first kappa shape index (κ1) is 23.0. The first-order valence-electron chi connectivity index (χ1n) is 10.2. The summed E-state index contributed by atoms with van der Waals surface area (Å²) in [6.07, 6.45) is -4.79. The molecule has 2 aromatic carbocycles. The number of hydrogen-bond acceptors (Lipinski definition) is 6. The fourth-order valence-electron chi connectivity index (χ4n) is 3.54. The van der Waals surface area contributed by atoms with Crippen molar-refractivity contribution in [1.82, 2.24) is 15.1 Å². The molecule has 174 valence electrons. The summed E-state index contributed by atoms with van der Waals surface area (Å²) in [6.45, 7) is 3.65. The molecular weight excluding hydrogens is 455 g/mol. The lowest BCUT2D eigenvalue weighted by molar-refractivity contribution is -0.139. The molecule has 4 rings (SSSR count). The summed E-state index contributed by atoms with van der Waals surface area (Å²) in [6, 6.07) is 14.0. The normalized spacial score (nSPS) is 15.5. The SMILES string of the molecule is CN1CCN(c2ccc(-c3ccc(NS(=O)(=O)c4ccccc4C(F)(F)F)cc3)nn2)CC1. The first-order chi connectivity index (χ1) is 15.6. The molecule has 3 aromatic rings. The van der Waals surface area contributed by atoms with Gasteiger partial charge in [-0.2, -0.15) is 13.2 Å². The summed E-state index contributed by atoms with van der Waals surface area (Å²) in [5, 5.41) is 8.56. The molecule has 0 spiro atoms. The van der Waals surface area contributed by atoms with E-state index in [1.54, 1.807) is 12.1 Å². The third-order valence-electron chi connectivity index (χ3n) is 5.39. The number of halogens is 3. The molecule has 1 saturated heterocycles. The van der Waals surface area contributed by atoms with Crippen molar-refractivity contribution < 1.29 is 21.6 Å². The Morgan fingerprint density at radius 1 is 0.879 bits per heavy atom. The van der Waals surface area contributed by atoms with Crippen LogP contribution in [0.5, 0.6) is 0 Å². The van der Waals surface area contributed by atoms with Crippen LogP contribution in [0.15, 0.2) is 65.6 Å². The molecule has 0 bridgehead atoms. The molecule has 0 unspecified atom stereocenters. The fraction of sp³-hybridized carbons (Fsp3) is 0.273. The Morgan fingerprint density at radius 2 is 1.55 bits per heavy atom. The highest BCUT2D eigenvalue weighted by atomic mass is 32.2. The van der Waals surface area contributed by atoms with Gasteiger partial charge in [-0.25, -0.2) is 8.42 Å². The minimum atomic E-state index is -4.79. The van der Waals surface area contributed by atoms with Crippen molar-refractivity contribution in [3.05, 3.63) is 66.2 Å². The molecule has 1 aliphatic heterocycles. The minimum Gasteiger partial charge on any atom is -0.353 e. The van der Waals surface area contributed by atoms with E-state index in [1.807, 2.05) is 12.1 Å². The number of likely N-dealkylation sites (N-methyl/N-ethyl adjacent to an activating group) is 1. The number of nitrogens with zero attached hydrogens (tertiary/aromatic N) is 4. The Balaban J connectivity index is 1.49. The van der Waals surface area contributed by atoms with Gasteiger partial charge in [0.2, 0.25) is 0 Å². The van der Waals surface area contributed by atoms with Gasteiger partial charge >= 0.3 is 6.18 Å². The van der Waals surface area contributed by atoms with Crippen LogP contribution in [-0.2, 0) is 16.2 Å². The molecule has 7 nitrogen and oxygen atoms in total. The maximum atomic E-state index is 13.2. The van der Waals surface area contributed by atoms with Crippen LogP contribution >= 0.6 is 0 Å². The average Bonchev–Trinajstić information content (AvgIpc) is 2.79. The lowest BCUT2D eigenvalue weighted by atomic mass is 10.1. The predicted octanol–water partition coefficient (Wildman–Crippen LogP) is 3.72. The molecule has 33 heavy (non-hydrogen) atoms. The highest BCUT2D eigenvalue weighted by Gasteiger charge is 2.36. The lowest BCUT2D eigenvalue weighted by Gasteiger charge is -2.32. The number of piperazine rings is 1. The molecule has 2 heterocycles. The molecular formula is C22H22F3N5O2S. The third-order valence-corrected chi connectivity index (χ3v) is 6.83. The molecule has 1 aromatic heterocycles. The maximum absolute atomic E-state index is 13.2. The van der Waals surface area contributed by atoms with Gasteiger partial charge in [0, 0.05) is 37.4 Å². The molecule has 0 radical (unpaired) electrons. The van der Waals surface area contributed by atoms with E-state index in [9.17, 15) is 21.6 Å². The van der Waals surface area contributed by atoms with Crippen molar-refractivity contribution >= 4 is 21.5 Å². The van der Waals surface area contributed by atoms with Crippen molar-refractivity contribution in [3.63, 3.8) is 0 Å². The molecule has 0 aliphatic carbocycles. The van der Waals surface area contributed by atoms with Gasteiger partial charge in [0.25, 0.3) is 10.0 Å². The van der Waals surface area contributed by atoms with Crippen LogP contribution in [0.25, 0.3) is 11.3 Å². The van der Waals surface area contributed by atoms with Crippen molar-refractivity contribution in [3.8, 4) is 11.3 Å². The second kappa shape index (κ2) is 8.99. The van der Waals surface area contributed by atoms with Crippen LogP contribution in [0.3, 0.4) is 0 Å². The molecule has 1 N–H and O–H groups in total. The summed E-state index contributed by atoms with van der Waals surface area (Å²) < 4.78 is 67.0. The second-order valence-corrected chi connectivity index (χ2v) is 9.39. The van der Waals surface area contributed by atoms with E-state index in [-0.39, 0.29) is 5.69 Å². The van der Waals surface area contributed by atoms with E-state index in [0.717, 1.165) is 50.2 Å². The molecule has 0 atom stereocenters. The number of aromatic nitrogens is 2. The number of alkyl halides is 3. The summed E-state index contributed by atoms with van der Waals surface area (Å²) in [5.74, 6) is 0.791. The van der Waals surface area contributed by atoms with Gasteiger partial charge in [-0.1, -0.05) is 24.3 Å². The smallest absolute Gasteiger partial charge is 0.353 e. The average molecular weight is 478 g/mol. The van der Waals surface area contributed by atoms with Gasteiger partial charge in [-0.3, -0.25) is 4.72 Å². The van der Waals surface area contributed by atoms with Crippen molar-refractivity contribution in [2.24, 2.45) is 0 Å². The Bertz CT molecular complexity index is 1210. The molecule has 11 heteroatoms. The Labute approximate surface area is 189 Å². The zero-order chi connectivity index (χ0) is 23.6. The van der Waals surface area contributed by atoms with E-state index >= 15 is 0 Å². The lowest BCUT2D eigenvalue weighted by Crippen LogP contribution is -2.44. The van der Waals surface area contributed by atoms with E-state index in [1.165, 1.54) is 18.2 Å². The Morgan fingerprint density at radius 3 is 2.15 bits per heavy atom. The number of benzene rings is 2. The standard InChI is InChI=1S/C22H22F3N5O2S/c1-29-12-14-30(15-13-29)21-11-10-19(26-27-21)16-6-8-17(9-7-16)28-33(31,32)20-5-3-2-4-18(20)22(23,24)25/h2-11,28H,12-15H2,1H3. The number of hydrogen-bond donors (Lipinski definition) is 1. The van der Waals surface area contributed by atoms with Gasteiger partial charge in [-0.15, -0.1) is 10.2 Å². The van der Waals surface area contributed by atoms with Gasteiger partial charge in [0.15, 0.2) is 5.82 Å². The van der Waals surface area contributed by atoms with E-state index in [4.69, 9.17) is 0 Å². The maximum Gasteiger partial charge on any atom is 0.417 e. The van der Waals surface area contributed by atoms with Gasteiger partial charge < -0.3 is 9.80 Å². The Hall–Kier alpha value is -3.18. The quantitative estimate of drug-likeness (QED) is 0.604. The number of sulfonamides is 1. The Kier molecular flexibility index (Phi) is 6.26. The second-order valence-electron chi connectivity index (χ2n) is 7.74. The van der Waals surface area contributed by atoms with Gasteiger partial charge in [0.05, 0.1) is 16.2 Å². The van der Waals surface area contributed by atoms with Crippen LogP contribution in [0, 0.1) is 0 Å². The number of nitrogens with one attached hydrogen (secondary N) is 1. The molecule has 1 fully saturated rings. The van der Waals surface area contributed by atoms with Crippen molar-refractivity contribution in [1.29, 1.82) is 0 Å². The van der Waals surface area contributed by atoms with Crippen LogP contribution in [-0.4, -0.2) is 56.7 Å². The first-order valence-corrected chi connectivity index (χ1v) is 11.7. The van der Waals surface area contributed by atoms with E-state index < -0.39 is 26.7 Å². The molecule has 0 saturated carbocycles. The summed E-state index contributed by atoms with van der Waals surface area (Å²) in [5.41, 5.74) is 0.221. The number of anilines is 2. The zero-order valence-electron chi connectivity index (χ0n) is 17.7. The fourth-order valence-corrected chi connectivity index (χ4v) is 4.83. The largest absolute Gasteiger partial charge is 0.417 e. The van der Waals surface area contributed by atoms with E-state index in [0.29, 0.717) is 11.3 Å². The van der Waals surface area contributed by atoms with Gasteiger partial charge in [-0.05, 0) is 43.4 Å². The molecule has 1 aliphatic rings. The summed E-state index contributed by atoms with van der Waals surface area (Å²) in [7, 11) is -2.36. The molecule has 0 amide bonds. The van der Waals surface area contributed by atoms with Gasteiger partial charge in [0.1, 0.15) is 0 Å².